The fourth-order valence-electron chi connectivity index (χ4n) is 3.39. The normalized spacial score (nSPS) is 27.8. The zero-order valence-electron chi connectivity index (χ0n) is 13.2. The van der Waals surface area contributed by atoms with E-state index in [4.69, 9.17) is 16.3 Å². The summed E-state index contributed by atoms with van der Waals surface area (Å²) in [5.74, 6) is 2.11. The second-order valence-electron chi connectivity index (χ2n) is 6.70. The summed E-state index contributed by atoms with van der Waals surface area (Å²) in [6, 6.07) is 8.04. The van der Waals surface area contributed by atoms with Crippen LogP contribution >= 0.6 is 27.5 Å². The molecule has 4 unspecified atom stereocenters. The minimum absolute atomic E-state index is 0.0836. The summed E-state index contributed by atoms with van der Waals surface area (Å²) < 4.78 is 6.52. The van der Waals surface area contributed by atoms with Crippen molar-refractivity contribution in [2.45, 2.75) is 52.2 Å². The Balaban J connectivity index is 2.11. The van der Waals surface area contributed by atoms with Crippen molar-refractivity contribution >= 4 is 27.5 Å². The molecule has 1 aromatic rings. The third kappa shape index (κ3) is 4.71. The molecule has 0 saturated heterocycles. The summed E-state index contributed by atoms with van der Waals surface area (Å²) in [5.41, 5.74) is 1.17. The molecule has 1 fully saturated rings. The minimum Gasteiger partial charge on any atom is -0.369 e. The van der Waals surface area contributed by atoms with E-state index in [9.17, 15) is 0 Å². The van der Waals surface area contributed by atoms with Gasteiger partial charge in [0, 0.05) is 10.4 Å². The maximum atomic E-state index is 6.52. The van der Waals surface area contributed by atoms with Gasteiger partial charge in [0.1, 0.15) is 0 Å². The molecule has 1 aliphatic carbocycles. The van der Waals surface area contributed by atoms with E-state index in [1.807, 2.05) is 18.2 Å². The summed E-state index contributed by atoms with van der Waals surface area (Å²) >= 11 is 9.73. The zero-order valence-corrected chi connectivity index (χ0v) is 15.5. The van der Waals surface area contributed by atoms with Crippen molar-refractivity contribution in [1.29, 1.82) is 0 Å². The molecule has 1 aromatic carbocycles. The summed E-state index contributed by atoms with van der Waals surface area (Å²) in [6.07, 6.45) is 4.23. The third-order valence-corrected chi connectivity index (χ3v) is 5.48. The SMILES string of the molecule is CC1CCC(C(C)C)C(OC(CBr)c2cccc(Cl)c2)C1. The molecule has 21 heavy (non-hydrogen) atoms. The van der Waals surface area contributed by atoms with Gasteiger partial charge in [0.05, 0.1) is 12.2 Å². The Morgan fingerprint density at radius 2 is 2.10 bits per heavy atom. The predicted molar refractivity (Wildman–Crippen MR) is 94.2 cm³/mol. The van der Waals surface area contributed by atoms with Crippen molar-refractivity contribution in [2.75, 3.05) is 5.33 Å². The third-order valence-electron chi connectivity index (χ3n) is 4.66. The largest absolute Gasteiger partial charge is 0.369 e. The zero-order chi connectivity index (χ0) is 15.4. The first-order valence-corrected chi connectivity index (χ1v) is 9.48. The van der Waals surface area contributed by atoms with Crippen LogP contribution in [0, 0.1) is 17.8 Å². The van der Waals surface area contributed by atoms with Gasteiger partial charge in [0.15, 0.2) is 0 Å². The molecule has 0 spiro atoms. The summed E-state index contributed by atoms with van der Waals surface area (Å²) in [4.78, 5) is 0. The van der Waals surface area contributed by atoms with Gasteiger partial charge in [-0.1, -0.05) is 66.9 Å². The Kier molecular flexibility index (Phi) is 6.58. The summed E-state index contributed by atoms with van der Waals surface area (Å²) in [7, 11) is 0. The lowest BCUT2D eigenvalue weighted by Gasteiger charge is -2.39. The van der Waals surface area contributed by atoms with E-state index >= 15 is 0 Å². The molecule has 2 rings (SSSR count). The van der Waals surface area contributed by atoms with E-state index in [0.29, 0.717) is 17.9 Å². The second-order valence-corrected chi connectivity index (χ2v) is 7.78. The molecule has 1 aliphatic rings. The Hall–Kier alpha value is -0.0500. The first kappa shape index (κ1) is 17.3. The van der Waals surface area contributed by atoms with Crippen molar-refractivity contribution in [3.05, 3.63) is 34.9 Å². The van der Waals surface area contributed by atoms with E-state index in [0.717, 1.165) is 16.3 Å². The first-order chi connectivity index (χ1) is 10.0. The van der Waals surface area contributed by atoms with E-state index in [2.05, 4.69) is 42.8 Å². The van der Waals surface area contributed by atoms with Gasteiger partial charge in [-0.15, -0.1) is 0 Å². The lowest BCUT2D eigenvalue weighted by atomic mass is 9.75. The molecule has 118 valence electrons. The van der Waals surface area contributed by atoms with Crippen LogP contribution in [0.15, 0.2) is 24.3 Å². The van der Waals surface area contributed by atoms with Crippen LogP contribution in [0.4, 0.5) is 0 Å². The van der Waals surface area contributed by atoms with Crippen LogP contribution < -0.4 is 0 Å². The lowest BCUT2D eigenvalue weighted by molar-refractivity contribution is -0.0732. The molecule has 0 heterocycles. The van der Waals surface area contributed by atoms with Crippen molar-refractivity contribution in [2.24, 2.45) is 17.8 Å². The van der Waals surface area contributed by atoms with Crippen molar-refractivity contribution < 1.29 is 4.74 Å². The average Bonchev–Trinajstić information content (AvgIpc) is 2.44. The Morgan fingerprint density at radius 3 is 2.71 bits per heavy atom. The highest BCUT2D eigenvalue weighted by Crippen LogP contribution is 2.38. The molecule has 1 saturated carbocycles. The van der Waals surface area contributed by atoms with E-state index in [1.54, 1.807) is 0 Å². The van der Waals surface area contributed by atoms with Crippen LogP contribution in [0.1, 0.15) is 51.7 Å². The van der Waals surface area contributed by atoms with Crippen LogP contribution in [0.25, 0.3) is 0 Å². The van der Waals surface area contributed by atoms with Crippen molar-refractivity contribution in [3.63, 3.8) is 0 Å². The molecule has 0 N–H and O–H groups in total. The fourth-order valence-corrected chi connectivity index (χ4v) is 4.12. The highest BCUT2D eigenvalue weighted by atomic mass is 79.9. The van der Waals surface area contributed by atoms with Crippen LogP contribution in [0.2, 0.25) is 5.02 Å². The predicted octanol–water partition coefficient (Wildman–Crippen LogP) is 6.25. The standard InChI is InChI=1S/C18H26BrClO/c1-12(2)16-8-7-13(3)9-17(16)21-18(11-19)14-5-4-6-15(20)10-14/h4-6,10,12-13,16-18H,7-9,11H2,1-3H3. The minimum atomic E-state index is 0.0836. The highest BCUT2D eigenvalue weighted by Gasteiger charge is 2.33. The number of hydrogen-bond donors (Lipinski definition) is 0. The number of benzene rings is 1. The number of halogens is 2. The number of rotatable bonds is 5. The summed E-state index contributed by atoms with van der Waals surface area (Å²) in [6.45, 7) is 6.98. The molecule has 0 bridgehead atoms. The van der Waals surface area contributed by atoms with Gasteiger partial charge >= 0.3 is 0 Å². The van der Waals surface area contributed by atoms with Gasteiger partial charge in [-0.25, -0.2) is 0 Å². The van der Waals surface area contributed by atoms with Gasteiger partial charge in [-0.2, -0.15) is 0 Å². The molecule has 0 aromatic heterocycles. The monoisotopic (exact) mass is 372 g/mol. The molecular formula is C18H26BrClO. The summed E-state index contributed by atoms with van der Waals surface area (Å²) in [5, 5.41) is 1.59. The first-order valence-electron chi connectivity index (χ1n) is 7.98. The molecule has 4 atom stereocenters. The fraction of sp³-hybridized carbons (Fsp3) is 0.667. The topological polar surface area (TPSA) is 9.23 Å². The Bertz CT molecular complexity index is 449. The maximum Gasteiger partial charge on any atom is 0.0926 e. The molecule has 3 heteroatoms. The van der Waals surface area contributed by atoms with Crippen LogP contribution in [0.3, 0.4) is 0 Å². The van der Waals surface area contributed by atoms with E-state index in [-0.39, 0.29) is 6.10 Å². The van der Waals surface area contributed by atoms with E-state index in [1.165, 1.54) is 24.8 Å². The highest BCUT2D eigenvalue weighted by molar-refractivity contribution is 9.09. The van der Waals surface area contributed by atoms with Crippen LogP contribution in [-0.2, 0) is 4.74 Å². The Morgan fingerprint density at radius 1 is 1.33 bits per heavy atom. The Labute approximate surface area is 142 Å². The van der Waals surface area contributed by atoms with Crippen molar-refractivity contribution in [1.82, 2.24) is 0 Å². The van der Waals surface area contributed by atoms with Crippen molar-refractivity contribution in [3.8, 4) is 0 Å². The second kappa shape index (κ2) is 7.99. The average molecular weight is 374 g/mol. The molecule has 0 radical (unpaired) electrons. The number of alkyl halides is 1. The van der Waals surface area contributed by atoms with Gasteiger partial charge in [-0.05, 0) is 48.3 Å². The maximum absolute atomic E-state index is 6.52. The van der Waals surface area contributed by atoms with Gasteiger partial charge in [-0.3, -0.25) is 0 Å². The molecule has 0 aliphatic heterocycles. The quantitative estimate of drug-likeness (QED) is 0.554. The molecule has 1 nitrogen and oxygen atoms in total. The smallest absolute Gasteiger partial charge is 0.0926 e. The molecular weight excluding hydrogens is 348 g/mol. The number of hydrogen-bond acceptors (Lipinski definition) is 1. The van der Waals surface area contributed by atoms with Crippen LogP contribution in [-0.4, -0.2) is 11.4 Å². The van der Waals surface area contributed by atoms with Crippen LogP contribution in [0.5, 0.6) is 0 Å². The molecule has 0 amide bonds. The van der Waals surface area contributed by atoms with Gasteiger partial charge in [0.25, 0.3) is 0 Å². The van der Waals surface area contributed by atoms with E-state index < -0.39 is 0 Å². The number of ether oxygens (including phenoxy) is 1. The lowest BCUT2D eigenvalue weighted by Crippen LogP contribution is -2.35. The van der Waals surface area contributed by atoms with Gasteiger partial charge in [0.2, 0.25) is 0 Å². The van der Waals surface area contributed by atoms with Gasteiger partial charge < -0.3 is 4.74 Å².